The minimum Gasteiger partial charge on any atom is -0.481 e. The van der Waals surface area contributed by atoms with E-state index in [1.807, 2.05) is 7.05 Å². The Kier molecular flexibility index (Phi) is 5.51. The number of imidazole rings is 1. The molecule has 0 bridgehead atoms. The van der Waals surface area contributed by atoms with Gasteiger partial charge >= 0.3 is 18.0 Å². The lowest BCUT2D eigenvalue weighted by atomic mass is 10.2. The Bertz CT molecular complexity index is 499. The van der Waals surface area contributed by atoms with Gasteiger partial charge < -0.3 is 25.4 Å². The zero-order valence-corrected chi connectivity index (χ0v) is 10.9. The molecule has 1 unspecified atom stereocenters. The Morgan fingerprint density at radius 1 is 1.40 bits per heavy atom. The first-order valence-corrected chi connectivity index (χ1v) is 5.85. The van der Waals surface area contributed by atoms with Crippen molar-refractivity contribution in [3.8, 4) is 0 Å². The van der Waals surface area contributed by atoms with Crippen LogP contribution in [0, 0.1) is 0 Å². The molecule has 1 rings (SSSR count). The van der Waals surface area contributed by atoms with Crippen LogP contribution in [0.1, 0.15) is 12.2 Å². The van der Waals surface area contributed by atoms with Gasteiger partial charge in [-0.25, -0.2) is 14.6 Å². The molecule has 0 spiro atoms. The molecule has 0 aliphatic heterocycles. The number of amides is 2. The van der Waals surface area contributed by atoms with Crippen molar-refractivity contribution in [3.05, 3.63) is 18.2 Å². The van der Waals surface area contributed by atoms with E-state index >= 15 is 0 Å². The summed E-state index contributed by atoms with van der Waals surface area (Å²) in [4.78, 5) is 36.7. The number of carbonyl (C=O) groups excluding carboxylic acids is 1. The van der Waals surface area contributed by atoms with Gasteiger partial charge in [0.15, 0.2) is 0 Å². The topological polar surface area (TPSA) is 134 Å². The molecule has 9 heteroatoms. The molecule has 0 aliphatic carbocycles. The molecule has 0 saturated carbocycles. The molecular formula is C11H16N4O5. The average Bonchev–Trinajstić information content (AvgIpc) is 2.73. The minimum atomic E-state index is -1.46. The highest BCUT2D eigenvalue weighted by molar-refractivity contribution is 5.86. The second-order valence-electron chi connectivity index (χ2n) is 4.09. The lowest BCUT2D eigenvalue weighted by Crippen LogP contribution is -2.47. The van der Waals surface area contributed by atoms with Crippen molar-refractivity contribution in [2.75, 3.05) is 6.54 Å². The minimum absolute atomic E-state index is 0.260. The molecular weight excluding hydrogens is 268 g/mol. The molecule has 2 amide bonds. The van der Waals surface area contributed by atoms with Crippen LogP contribution in [-0.2, 0) is 23.1 Å². The van der Waals surface area contributed by atoms with Crippen molar-refractivity contribution in [3.63, 3.8) is 0 Å². The molecule has 110 valence electrons. The van der Waals surface area contributed by atoms with Crippen LogP contribution in [-0.4, -0.2) is 50.3 Å². The molecule has 1 aromatic heterocycles. The molecule has 1 atom stereocenters. The van der Waals surface area contributed by atoms with Gasteiger partial charge in [0.2, 0.25) is 0 Å². The largest absolute Gasteiger partial charge is 0.481 e. The molecule has 0 fully saturated rings. The van der Waals surface area contributed by atoms with Crippen molar-refractivity contribution >= 4 is 18.0 Å². The van der Waals surface area contributed by atoms with Gasteiger partial charge in [0.1, 0.15) is 11.9 Å². The van der Waals surface area contributed by atoms with E-state index in [-0.39, 0.29) is 6.54 Å². The zero-order valence-electron chi connectivity index (χ0n) is 10.9. The van der Waals surface area contributed by atoms with E-state index < -0.39 is 30.4 Å². The lowest BCUT2D eigenvalue weighted by molar-refractivity contribution is -0.145. The van der Waals surface area contributed by atoms with Gasteiger partial charge in [0, 0.05) is 32.4 Å². The normalized spacial score (nSPS) is 11.7. The molecule has 0 radical (unpaired) electrons. The number of carboxylic acid groups (broad SMARTS) is 2. The van der Waals surface area contributed by atoms with Crippen molar-refractivity contribution < 1.29 is 24.6 Å². The van der Waals surface area contributed by atoms with Gasteiger partial charge in [-0.2, -0.15) is 0 Å². The molecule has 20 heavy (non-hydrogen) atoms. The first-order valence-electron chi connectivity index (χ1n) is 5.85. The third-order valence-electron chi connectivity index (χ3n) is 2.54. The predicted molar refractivity (Wildman–Crippen MR) is 67.1 cm³/mol. The summed E-state index contributed by atoms with van der Waals surface area (Å²) in [6, 6.07) is -2.19. The molecule has 1 heterocycles. The summed E-state index contributed by atoms with van der Waals surface area (Å²) >= 11 is 0. The van der Waals surface area contributed by atoms with Crippen LogP contribution in [0.5, 0.6) is 0 Å². The quantitative estimate of drug-likeness (QED) is 0.517. The number of carbonyl (C=O) groups is 3. The Labute approximate surface area is 114 Å². The van der Waals surface area contributed by atoms with Crippen molar-refractivity contribution in [2.45, 2.75) is 18.9 Å². The molecule has 0 aromatic carbocycles. The standard InChI is InChI=1S/C11H16N4O5/c1-15-5-4-12-8(15)2-3-13-11(20)14-7(10(18)19)6-9(16)17/h4-5,7H,2-3,6H2,1H3,(H,16,17)(H,18,19)(H2,13,14,20). The summed E-state index contributed by atoms with van der Waals surface area (Å²) in [5.74, 6) is -1.93. The van der Waals surface area contributed by atoms with Crippen LogP contribution >= 0.6 is 0 Å². The Morgan fingerprint density at radius 2 is 2.10 bits per heavy atom. The summed E-state index contributed by atoms with van der Waals surface area (Å²) in [6.07, 6.45) is 3.20. The molecule has 0 aliphatic rings. The smallest absolute Gasteiger partial charge is 0.326 e. The summed E-state index contributed by atoms with van der Waals surface area (Å²) in [5, 5.41) is 21.8. The van der Waals surface area contributed by atoms with Gasteiger partial charge in [-0.1, -0.05) is 0 Å². The van der Waals surface area contributed by atoms with E-state index in [2.05, 4.69) is 15.6 Å². The summed E-state index contributed by atoms with van der Waals surface area (Å²) in [7, 11) is 1.82. The number of aryl methyl sites for hydroxylation is 1. The van der Waals surface area contributed by atoms with Crippen LogP contribution in [0.25, 0.3) is 0 Å². The third kappa shape index (κ3) is 4.96. The van der Waals surface area contributed by atoms with Crippen molar-refractivity contribution in [1.29, 1.82) is 0 Å². The number of aliphatic carboxylic acids is 2. The summed E-state index contributed by atoms with van der Waals surface area (Å²) in [5.41, 5.74) is 0. The first kappa shape index (κ1) is 15.5. The Balaban J connectivity index is 2.36. The number of hydrogen-bond acceptors (Lipinski definition) is 4. The number of urea groups is 1. The SMILES string of the molecule is Cn1ccnc1CCNC(=O)NC(CC(=O)O)C(=O)O. The zero-order chi connectivity index (χ0) is 15.1. The van der Waals surface area contributed by atoms with Crippen molar-refractivity contribution in [1.82, 2.24) is 20.2 Å². The second-order valence-corrected chi connectivity index (χ2v) is 4.09. The Hall–Kier alpha value is -2.58. The number of rotatable bonds is 7. The number of nitrogens with one attached hydrogen (secondary N) is 2. The maximum absolute atomic E-state index is 11.4. The van der Waals surface area contributed by atoms with E-state index in [9.17, 15) is 14.4 Å². The number of aromatic nitrogens is 2. The van der Waals surface area contributed by atoms with Gasteiger partial charge in [-0.15, -0.1) is 0 Å². The highest BCUT2D eigenvalue weighted by atomic mass is 16.4. The summed E-state index contributed by atoms with van der Waals surface area (Å²) in [6.45, 7) is 0.260. The number of nitrogens with zero attached hydrogens (tertiary/aromatic N) is 2. The first-order chi connectivity index (χ1) is 9.40. The maximum atomic E-state index is 11.4. The van der Waals surface area contributed by atoms with Crippen LogP contribution < -0.4 is 10.6 Å². The highest BCUT2D eigenvalue weighted by Crippen LogP contribution is 1.95. The van der Waals surface area contributed by atoms with Crippen LogP contribution in [0.15, 0.2) is 12.4 Å². The third-order valence-corrected chi connectivity index (χ3v) is 2.54. The molecule has 9 nitrogen and oxygen atoms in total. The molecule has 1 aromatic rings. The van der Waals surface area contributed by atoms with E-state index in [0.29, 0.717) is 6.42 Å². The van der Waals surface area contributed by atoms with Crippen molar-refractivity contribution in [2.24, 2.45) is 7.05 Å². The van der Waals surface area contributed by atoms with Gasteiger partial charge in [0.25, 0.3) is 0 Å². The fourth-order valence-electron chi connectivity index (χ4n) is 1.51. The summed E-state index contributed by atoms with van der Waals surface area (Å²) < 4.78 is 1.80. The predicted octanol–water partition coefficient (Wildman–Crippen LogP) is -0.810. The fraction of sp³-hybridized carbons (Fsp3) is 0.455. The molecule has 0 saturated heterocycles. The fourth-order valence-corrected chi connectivity index (χ4v) is 1.51. The monoisotopic (exact) mass is 284 g/mol. The van der Waals surface area contributed by atoms with Gasteiger partial charge in [0.05, 0.1) is 6.42 Å². The highest BCUT2D eigenvalue weighted by Gasteiger charge is 2.22. The van der Waals surface area contributed by atoms with Gasteiger partial charge in [-0.05, 0) is 0 Å². The number of carboxylic acids is 2. The number of hydrogen-bond donors (Lipinski definition) is 4. The van der Waals surface area contributed by atoms with E-state index in [4.69, 9.17) is 10.2 Å². The second kappa shape index (κ2) is 7.12. The average molecular weight is 284 g/mol. The Morgan fingerprint density at radius 3 is 2.60 bits per heavy atom. The van der Waals surface area contributed by atoms with E-state index in [1.54, 1.807) is 17.0 Å². The van der Waals surface area contributed by atoms with Crippen LogP contribution in [0.2, 0.25) is 0 Å². The van der Waals surface area contributed by atoms with Crippen LogP contribution in [0.4, 0.5) is 4.79 Å². The lowest BCUT2D eigenvalue weighted by Gasteiger charge is -2.13. The maximum Gasteiger partial charge on any atom is 0.326 e. The van der Waals surface area contributed by atoms with E-state index in [0.717, 1.165) is 5.82 Å². The molecule has 4 N–H and O–H groups in total. The van der Waals surface area contributed by atoms with Gasteiger partial charge in [-0.3, -0.25) is 4.79 Å². The van der Waals surface area contributed by atoms with Crippen LogP contribution in [0.3, 0.4) is 0 Å². The van der Waals surface area contributed by atoms with E-state index in [1.165, 1.54) is 0 Å².